The molecule has 0 bridgehead atoms. The van der Waals surface area contributed by atoms with Crippen molar-refractivity contribution in [3.8, 4) is 11.5 Å². The van der Waals surface area contributed by atoms with Crippen molar-refractivity contribution in [1.29, 1.82) is 0 Å². The van der Waals surface area contributed by atoms with Crippen molar-refractivity contribution >= 4 is 57.9 Å². The summed E-state index contributed by atoms with van der Waals surface area (Å²) in [6, 6.07) is 14.1. The number of halogens is 2. The van der Waals surface area contributed by atoms with Crippen molar-refractivity contribution < 1.29 is 33.2 Å². The molecule has 1 aliphatic rings. The Morgan fingerprint density at radius 1 is 1.18 bits per heavy atom. The summed E-state index contributed by atoms with van der Waals surface area (Å²) in [7, 11) is 1.43. The van der Waals surface area contributed by atoms with Crippen LogP contribution in [-0.2, 0) is 16.2 Å². The van der Waals surface area contributed by atoms with Gasteiger partial charge in [-0.15, -0.1) is 0 Å². The van der Waals surface area contributed by atoms with Crippen molar-refractivity contribution in [2.45, 2.75) is 6.61 Å². The number of benzene rings is 3. The van der Waals surface area contributed by atoms with Gasteiger partial charge in [0.15, 0.2) is 11.5 Å². The first-order valence-electron chi connectivity index (χ1n) is 11.3. The molecule has 1 fully saturated rings. The average Bonchev–Trinajstić information content (AvgIpc) is 3.16. The van der Waals surface area contributed by atoms with Gasteiger partial charge >= 0.3 is 6.03 Å². The van der Waals surface area contributed by atoms with Crippen LogP contribution in [0.15, 0.2) is 66.4 Å². The van der Waals surface area contributed by atoms with Crippen LogP contribution >= 0.6 is 22.6 Å². The van der Waals surface area contributed by atoms with E-state index in [9.17, 15) is 28.9 Å². The number of nitrogens with zero attached hydrogens (tertiary/aromatic N) is 2. The Hall–Kier alpha value is -4.53. The van der Waals surface area contributed by atoms with Crippen molar-refractivity contribution in [2.75, 3.05) is 19.0 Å². The third kappa shape index (κ3) is 6.49. The highest BCUT2D eigenvalue weighted by molar-refractivity contribution is 14.1. The average molecular weight is 646 g/mol. The van der Waals surface area contributed by atoms with Gasteiger partial charge in [0.2, 0.25) is 5.91 Å². The molecule has 0 saturated carbocycles. The van der Waals surface area contributed by atoms with E-state index in [4.69, 9.17) is 9.47 Å². The molecule has 0 atom stereocenters. The molecular formula is C26H20FIN4O7. The lowest BCUT2D eigenvalue weighted by Crippen LogP contribution is -2.38. The molecule has 3 aromatic carbocycles. The Bertz CT molecular complexity index is 1510. The van der Waals surface area contributed by atoms with Crippen LogP contribution in [0.1, 0.15) is 11.1 Å². The lowest BCUT2D eigenvalue weighted by atomic mass is 10.1. The van der Waals surface area contributed by atoms with Crippen molar-refractivity contribution in [1.82, 2.24) is 10.2 Å². The fraction of sp³-hybridized carbons (Fsp3) is 0.115. The Labute approximate surface area is 234 Å². The van der Waals surface area contributed by atoms with Gasteiger partial charge in [-0.2, -0.15) is 0 Å². The second-order valence-corrected chi connectivity index (χ2v) is 9.32. The number of para-hydroxylation sites is 1. The van der Waals surface area contributed by atoms with Crippen molar-refractivity contribution in [3.05, 3.63) is 97.0 Å². The smallest absolute Gasteiger partial charge is 0.329 e. The molecule has 0 spiro atoms. The largest absolute Gasteiger partial charge is 0.493 e. The topological polar surface area (TPSA) is 140 Å². The van der Waals surface area contributed by atoms with E-state index in [1.807, 2.05) is 22.6 Å². The number of nitrogens with one attached hydrogen (secondary N) is 2. The first kappa shape index (κ1) is 27.5. The molecule has 1 aliphatic heterocycles. The molecule has 2 N–H and O–H groups in total. The van der Waals surface area contributed by atoms with E-state index < -0.39 is 35.1 Å². The van der Waals surface area contributed by atoms with Gasteiger partial charge in [0.25, 0.3) is 11.6 Å². The number of hydrogen-bond donors (Lipinski definition) is 2. The highest BCUT2D eigenvalue weighted by atomic mass is 127. The van der Waals surface area contributed by atoms with Gasteiger partial charge in [-0.05, 0) is 64.1 Å². The molecule has 13 heteroatoms. The quantitative estimate of drug-likeness (QED) is 0.115. The van der Waals surface area contributed by atoms with Gasteiger partial charge in [0.05, 0.1) is 21.3 Å². The number of carbonyl (C=O) groups excluding carboxylic acids is 3. The number of carbonyl (C=O) groups is 3. The van der Waals surface area contributed by atoms with Gasteiger partial charge in [-0.1, -0.05) is 24.3 Å². The standard InChI is InChI=1S/C26H20FIN4O7/c1-38-22-12-16(10-19(28)24(22)39-14-15-5-4-6-17(9-15)32(36)37)11-21-25(34)31(26(35)30-21)13-23(33)29-20-8-3-2-7-18(20)27/h2-12H,13-14H2,1H3,(H,29,33)(H,30,35)/b21-11+. The maximum absolute atomic E-state index is 13.8. The molecule has 0 aliphatic carbocycles. The SMILES string of the molecule is COc1cc(/C=C2/NC(=O)N(CC(=O)Nc3ccccc3F)C2=O)cc(I)c1OCc1cccc([N+](=O)[O-])c1. The fourth-order valence-electron chi connectivity index (χ4n) is 3.66. The molecule has 1 heterocycles. The normalized spacial score (nSPS) is 13.8. The Kier molecular flexibility index (Phi) is 8.39. The molecule has 0 unspecified atom stereocenters. The third-order valence-electron chi connectivity index (χ3n) is 5.48. The van der Waals surface area contributed by atoms with E-state index >= 15 is 0 Å². The number of hydrogen-bond acceptors (Lipinski definition) is 7. The van der Waals surface area contributed by atoms with Crippen LogP contribution < -0.4 is 20.1 Å². The monoisotopic (exact) mass is 646 g/mol. The van der Waals surface area contributed by atoms with Crippen molar-refractivity contribution in [2.24, 2.45) is 0 Å². The van der Waals surface area contributed by atoms with E-state index in [-0.39, 0.29) is 23.7 Å². The highest BCUT2D eigenvalue weighted by Gasteiger charge is 2.35. The molecule has 4 rings (SSSR count). The first-order valence-corrected chi connectivity index (χ1v) is 12.4. The van der Waals surface area contributed by atoms with Crippen molar-refractivity contribution in [3.63, 3.8) is 0 Å². The fourth-order valence-corrected chi connectivity index (χ4v) is 4.44. The zero-order chi connectivity index (χ0) is 28.1. The summed E-state index contributed by atoms with van der Waals surface area (Å²) in [5.74, 6) is -1.41. The van der Waals surface area contributed by atoms with Gasteiger partial charge < -0.3 is 20.1 Å². The van der Waals surface area contributed by atoms with Gasteiger partial charge in [0.1, 0.15) is 24.7 Å². The van der Waals surface area contributed by atoms with Crippen LogP contribution in [0.2, 0.25) is 0 Å². The maximum Gasteiger partial charge on any atom is 0.329 e. The van der Waals surface area contributed by atoms with Crippen LogP contribution in [0, 0.1) is 19.5 Å². The molecule has 0 radical (unpaired) electrons. The summed E-state index contributed by atoms with van der Waals surface area (Å²) in [6.07, 6.45) is 1.42. The molecule has 11 nitrogen and oxygen atoms in total. The number of nitro benzene ring substituents is 1. The van der Waals surface area contributed by atoms with Crippen LogP contribution in [-0.4, -0.2) is 41.3 Å². The van der Waals surface area contributed by atoms with E-state index in [1.54, 1.807) is 24.3 Å². The summed E-state index contributed by atoms with van der Waals surface area (Å²) in [4.78, 5) is 48.8. The predicted octanol–water partition coefficient (Wildman–Crippen LogP) is 4.46. The number of nitro groups is 1. The number of non-ortho nitro benzene ring substituents is 1. The number of imide groups is 1. The van der Waals surface area contributed by atoms with E-state index in [0.717, 1.165) is 0 Å². The summed E-state index contributed by atoms with van der Waals surface area (Å²) >= 11 is 2.02. The molecular weight excluding hydrogens is 626 g/mol. The Morgan fingerprint density at radius 2 is 1.95 bits per heavy atom. The molecule has 39 heavy (non-hydrogen) atoms. The second kappa shape index (κ2) is 11.9. The zero-order valence-electron chi connectivity index (χ0n) is 20.3. The highest BCUT2D eigenvalue weighted by Crippen LogP contribution is 2.35. The predicted molar refractivity (Wildman–Crippen MR) is 146 cm³/mol. The van der Waals surface area contributed by atoms with Crippen LogP contribution in [0.4, 0.5) is 20.6 Å². The lowest BCUT2D eigenvalue weighted by molar-refractivity contribution is -0.384. The summed E-state index contributed by atoms with van der Waals surface area (Å²) in [5.41, 5.74) is 0.898. The minimum Gasteiger partial charge on any atom is -0.493 e. The molecule has 4 amide bonds. The number of methoxy groups -OCH3 is 1. The minimum absolute atomic E-state index is 0.0485. The van der Waals surface area contributed by atoms with Crippen LogP contribution in [0.25, 0.3) is 6.08 Å². The van der Waals surface area contributed by atoms with Gasteiger partial charge in [-0.3, -0.25) is 19.7 Å². The van der Waals surface area contributed by atoms with E-state index in [1.165, 1.54) is 49.6 Å². The molecule has 0 aromatic heterocycles. The molecule has 1 saturated heterocycles. The van der Waals surface area contributed by atoms with Crippen LogP contribution in [0.3, 0.4) is 0 Å². The Morgan fingerprint density at radius 3 is 2.67 bits per heavy atom. The van der Waals surface area contributed by atoms with E-state index in [0.29, 0.717) is 31.1 Å². The minimum atomic E-state index is -0.798. The molecule has 200 valence electrons. The molecule has 3 aromatic rings. The summed E-state index contributed by atoms with van der Waals surface area (Å²) in [6.45, 7) is -0.561. The number of urea groups is 1. The maximum atomic E-state index is 13.8. The second-order valence-electron chi connectivity index (χ2n) is 8.16. The van der Waals surface area contributed by atoms with Crippen LogP contribution in [0.5, 0.6) is 11.5 Å². The van der Waals surface area contributed by atoms with Gasteiger partial charge in [-0.25, -0.2) is 14.1 Å². The summed E-state index contributed by atoms with van der Waals surface area (Å²) < 4.78 is 25.7. The third-order valence-corrected chi connectivity index (χ3v) is 6.28. The number of rotatable bonds is 9. The zero-order valence-corrected chi connectivity index (χ0v) is 22.4. The number of amides is 4. The lowest BCUT2D eigenvalue weighted by Gasteiger charge is -2.14. The number of ether oxygens (including phenoxy) is 2. The summed E-state index contributed by atoms with van der Waals surface area (Å²) in [5, 5.41) is 15.8. The Balaban J connectivity index is 1.47. The first-order chi connectivity index (χ1) is 18.7. The van der Waals surface area contributed by atoms with E-state index in [2.05, 4.69) is 10.6 Å². The van der Waals surface area contributed by atoms with Gasteiger partial charge in [0, 0.05) is 12.1 Å². The number of anilines is 1.